The molecule has 3 rings (SSSR count). The molecule has 2 aliphatic rings. The van der Waals surface area contributed by atoms with Gasteiger partial charge in [0.05, 0.1) is 24.5 Å². The molecular weight excluding hydrogens is 298 g/mol. The van der Waals surface area contributed by atoms with Crippen LogP contribution in [0.15, 0.2) is 35.9 Å². The SMILES string of the molecule is CC1=CC(=O)N(c2ccc(C(=O)OCC3(C)COC3)cc2)C1=O. The number of benzene rings is 1. The molecule has 2 aliphatic heterocycles. The minimum atomic E-state index is -0.432. The Hall–Kier alpha value is -2.47. The number of carbonyl (C=O) groups is 3. The average molecular weight is 315 g/mol. The molecule has 0 saturated carbocycles. The summed E-state index contributed by atoms with van der Waals surface area (Å²) in [7, 11) is 0. The second-order valence-corrected chi connectivity index (χ2v) is 6.23. The van der Waals surface area contributed by atoms with Gasteiger partial charge in [0.25, 0.3) is 11.8 Å². The van der Waals surface area contributed by atoms with Crippen LogP contribution in [-0.2, 0) is 19.1 Å². The van der Waals surface area contributed by atoms with Gasteiger partial charge in [0, 0.05) is 17.1 Å². The summed E-state index contributed by atoms with van der Waals surface area (Å²) in [5, 5.41) is 0. The summed E-state index contributed by atoms with van der Waals surface area (Å²) in [5.41, 5.74) is 1.10. The van der Waals surface area contributed by atoms with E-state index in [0.717, 1.165) is 4.90 Å². The number of nitrogens with zero attached hydrogens (tertiary/aromatic N) is 1. The van der Waals surface area contributed by atoms with E-state index in [0.29, 0.717) is 36.6 Å². The first-order chi connectivity index (χ1) is 10.9. The van der Waals surface area contributed by atoms with Crippen LogP contribution in [0.3, 0.4) is 0 Å². The zero-order chi connectivity index (χ0) is 16.6. The van der Waals surface area contributed by atoms with Gasteiger partial charge < -0.3 is 9.47 Å². The van der Waals surface area contributed by atoms with E-state index in [4.69, 9.17) is 9.47 Å². The first kappa shape index (κ1) is 15.4. The molecule has 6 heteroatoms. The highest BCUT2D eigenvalue weighted by Gasteiger charge is 2.35. The van der Waals surface area contributed by atoms with E-state index < -0.39 is 5.97 Å². The third-order valence-corrected chi connectivity index (χ3v) is 3.91. The van der Waals surface area contributed by atoms with Gasteiger partial charge in [-0.05, 0) is 31.2 Å². The monoisotopic (exact) mass is 315 g/mol. The van der Waals surface area contributed by atoms with Gasteiger partial charge in [-0.25, -0.2) is 9.69 Å². The summed E-state index contributed by atoms with van der Waals surface area (Å²) in [6.45, 7) is 5.07. The Labute approximate surface area is 133 Å². The minimum absolute atomic E-state index is 0.104. The van der Waals surface area contributed by atoms with Crippen LogP contribution in [0.25, 0.3) is 0 Å². The Morgan fingerprint density at radius 1 is 1.26 bits per heavy atom. The van der Waals surface area contributed by atoms with Crippen LogP contribution in [0.2, 0.25) is 0 Å². The highest BCUT2D eigenvalue weighted by Crippen LogP contribution is 2.27. The number of hydrogen-bond donors (Lipinski definition) is 0. The zero-order valence-corrected chi connectivity index (χ0v) is 13.0. The van der Waals surface area contributed by atoms with Crippen LogP contribution in [0.5, 0.6) is 0 Å². The Kier molecular flexibility index (Phi) is 3.77. The van der Waals surface area contributed by atoms with Gasteiger partial charge >= 0.3 is 5.97 Å². The van der Waals surface area contributed by atoms with Crippen LogP contribution < -0.4 is 4.90 Å². The maximum atomic E-state index is 12.0. The van der Waals surface area contributed by atoms with E-state index in [1.165, 1.54) is 6.08 Å². The number of imide groups is 1. The fourth-order valence-electron chi connectivity index (χ4n) is 2.44. The molecule has 120 valence electrons. The lowest BCUT2D eigenvalue weighted by Gasteiger charge is -2.37. The smallest absolute Gasteiger partial charge is 0.338 e. The van der Waals surface area contributed by atoms with E-state index in [2.05, 4.69) is 0 Å². The third-order valence-electron chi connectivity index (χ3n) is 3.91. The number of carbonyl (C=O) groups excluding carboxylic acids is 3. The van der Waals surface area contributed by atoms with Gasteiger partial charge in [0.2, 0.25) is 0 Å². The lowest BCUT2D eigenvalue weighted by atomic mass is 9.90. The Morgan fingerprint density at radius 3 is 2.39 bits per heavy atom. The molecule has 0 aromatic heterocycles. The van der Waals surface area contributed by atoms with Crippen molar-refractivity contribution in [2.24, 2.45) is 5.41 Å². The number of rotatable bonds is 4. The molecule has 0 bridgehead atoms. The highest BCUT2D eigenvalue weighted by molar-refractivity contribution is 6.30. The van der Waals surface area contributed by atoms with Crippen LogP contribution in [-0.4, -0.2) is 37.6 Å². The van der Waals surface area contributed by atoms with E-state index in [9.17, 15) is 14.4 Å². The topological polar surface area (TPSA) is 72.9 Å². The molecule has 0 aliphatic carbocycles. The van der Waals surface area contributed by atoms with Gasteiger partial charge in [0.15, 0.2) is 0 Å². The Morgan fingerprint density at radius 2 is 1.91 bits per heavy atom. The number of ether oxygens (including phenoxy) is 2. The van der Waals surface area contributed by atoms with E-state index in [-0.39, 0.29) is 17.2 Å². The van der Waals surface area contributed by atoms with E-state index >= 15 is 0 Å². The number of esters is 1. The molecule has 1 saturated heterocycles. The first-order valence-corrected chi connectivity index (χ1v) is 7.31. The normalized spacial score (nSPS) is 19.4. The summed E-state index contributed by atoms with van der Waals surface area (Å²) < 4.78 is 10.4. The van der Waals surface area contributed by atoms with Crippen molar-refractivity contribution in [2.45, 2.75) is 13.8 Å². The molecule has 1 aromatic carbocycles. The van der Waals surface area contributed by atoms with Gasteiger partial charge in [0.1, 0.15) is 6.61 Å². The number of amides is 2. The summed E-state index contributed by atoms with van der Waals surface area (Å²) in [5.74, 6) is -1.15. The molecule has 2 heterocycles. The number of hydrogen-bond acceptors (Lipinski definition) is 5. The van der Waals surface area contributed by atoms with Crippen molar-refractivity contribution in [3.8, 4) is 0 Å². The van der Waals surface area contributed by atoms with E-state index in [1.54, 1.807) is 31.2 Å². The Bertz CT molecular complexity index is 700. The molecule has 0 N–H and O–H groups in total. The summed E-state index contributed by atoms with van der Waals surface area (Å²) in [6, 6.07) is 6.22. The fraction of sp³-hybridized carbons (Fsp3) is 0.353. The van der Waals surface area contributed by atoms with Gasteiger partial charge in [-0.15, -0.1) is 0 Å². The maximum absolute atomic E-state index is 12.0. The number of anilines is 1. The summed E-state index contributed by atoms with van der Waals surface area (Å²) >= 11 is 0. The molecule has 1 fully saturated rings. The molecule has 6 nitrogen and oxygen atoms in total. The van der Waals surface area contributed by atoms with Crippen molar-refractivity contribution in [3.63, 3.8) is 0 Å². The van der Waals surface area contributed by atoms with Crippen molar-refractivity contribution >= 4 is 23.5 Å². The van der Waals surface area contributed by atoms with Gasteiger partial charge in [-0.2, -0.15) is 0 Å². The van der Waals surface area contributed by atoms with Crippen LogP contribution in [0.4, 0.5) is 5.69 Å². The van der Waals surface area contributed by atoms with Crippen molar-refractivity contribution < 1.29 is 23.9 Å². The molecule has 0 radical (unpaired) electrons. The van der Waals surface area contributed by atoms with Crippen molar-refractivity contribution in [2.75, 3.05) is 24.7 Å². The molecule has 0 spiro atoms. The van der Waals surface area contributed by atoms with Crippen molar-refractivity contribution in [1.82, 2.24) is 0 Å². The molecule has 1 aromatic rings. The van der Waals surface area contributed by atoms with Gasteiger partial charge in [-0.1, -0.05) is 6.92 Å². The van der Waals surface area contributed by atoms with Gasteiger partial charge in [-0.3, -0.25) is 9.59 Å². The average Bonchev–Trinajstić information content (AvgIpc) is 2.76. The molecular formula is C17H17NO5. The lowest BCUT2D eigenvalue weighted by molar-refractivity contribution is -0.127. The van der Waals surface area contributed by atoms with Crippen LogP contribution >= 0.6 is 0 Å². The predicted octanol–water partition coefficient (Wildman–Crippen LogP) is 1.70. The minimum Gasteiger partial charge on any atom is -0.461 e. The highest BCUT2D eigenvalue weighted by atomic mass is 16.5. The molecule has 0 atom stereocenters. The zero-order valence-electron chi connectivity index (χ0n) is 13.0. The van der Waals surface area contributed by atoms with Crippen molar-refractivity contribution in [3.05, 3.63) is 41.5 Å². The predicted molar refractivity (Wildman–Crippen MR) is 81.9 cm³/mol. The largest absolute Gasteiger partial charge is 0.461 e. The maximum Gasteiger partial charge on any atom is 0.338 e. The summed E-state index contributed by atoms with van der Waals surface area (Å²) in [6.07, 6.45) is 1.30. The van der Waals surface area contributed by atoms with Crippen LogP contribution in [0, 0.1) is 5.41 Å². The Balaban J connectivity index is 1.66. The fourth-order valence-corrected chi connectivity index (χ4v) is 2.44. The lowest BCUT2D eigenvalue weighted by Crippen LogP contribution is -2.44. The quantitative estimate of drug-likeness (QED) is 0.624. The third kappa shape index (κ3) is 2.90. The summed E-state index contributed by atoms with van der Waals surface area (Å²) in [4.78, 5) is 36.8. The standard InChI is InChI=1S/C17H17NO5/c1-11-7-14(19)18(15(11)20)13-5-3-12(4-6-13)16(21)23-10-17(2)8-22-9-17/h3-7H,8-10H2,1-2H3. The van der Waals surface area contributed by atoms with E-state index in [1.807, 2.05) is 6.92 Å². The van der Waals surface area contributed by atoms with Crippen molar-refractivity contribution in [1.29, 1.82) is 0 Å². The first-order valence-electron chi connectivity index (χ1n) is 7.31. The molecule has 0 unspecified atom stereocenters. The van der Waals surface area contributed by atoms with Crippen LogP contribution in [0.1, 0.15) is 24.2 Å². The second-order valence-electron chi connectivity index (χ2n) is 6.23. The molecule has 2 amide bonds. The second kappa shape index (κ2) is 5.62. The molecule has 23 heavy (non-hydrogen) atoms.